The molecule has 0 spiro atoms. The van der Waals surface area contributed by atoms with Crippen LogP contribution in [-0.4, -0.2) is 45.0 Å². The summed E-state index contributed by atoms with van der Waals surface area (Å²) >= 11 is 0. The van der Waals surface area contributed by atoms with Gasteiger partial charge in [0.1, 0.15) is 4.90 Å². The van der Waals surface area contributed by atoms with Gasteiger partial charge in [-0.25, -0.2) is 8.42 Å². The number of nitrogens with zero attached hydrogens (tertiary/aromatic N) is 2. The maximum atomic E-state index is 12.0. The summed E-state index contributed by atoms with van der Waals surface area (Å²) in [5, 5.41) is 0. The molecule has 0 aliphatic heterocycles. The van der Waals surface area contributed by atoms with Crippen molar-refractivity contribution in [2.75, 3.05) is 33.0 Å². The van der Waals surface area contributed by atoms with E-state index in [1.807, 2.05) is 0 Å². The molecular weight excluding hydrogens is 230 g/mol. The van der Waals surface area contributed by atoms with E-state index >= 15 is 0 Å². The van der Waals surface area contributed by atoms with Crippen LogP contribution in [-0.2, 0) is 14.8 Å². The number of likely N-dealkylation sites (N-methyl/N-ethyl adjacent to an activating group) is 1. The van der Waals surface area contributed by atoms with E-state index in [0.717, 1.165) is 0 Å². The summed E-state index contributed by atoms with van der Waals surface area (Å²) in [6.07, 6.45) is 2.69. The highest BCUT2D eigenvalue weighted by Crippen LogP contribution is 2.19. The number of methoxy groups -OCH3 is 1. The number of hydrogen-bond donors (Lipinski definition) is 1. The van der Waals surface area contributed by atoms with Crippen molar-refractivity contribution in [1.82, 2.24) is 9.29 Å². The average molecular weight is 245 g/mol. The Labute approximate surface area is 95.1 Å². The third-order valence-corrected chi connectivity index (χ3v) is 4.02. The van der Waals surface area contributed by atoms with Gasteiger partial charge in [-0.15, -0.1) is 0 Å². The number of rotatable bonds is 5. The Morgan fingerprint density at radius 1 is 1.56 bits per heavy atom. The predicted molar refractivity (Wildman–Crippen MR) is 60.3 cm³/mol. The summed E-state index contributed by atoms with van der Waals surface area (Å²) < 4.78 is 30.0. The fourth-order valence-corrected chi connectivity index (χ4v) is 2.32. The molecule has 1 aromatic rings. The zero-order valence-electron chi connectivity index (χ0n) is 9.25. The largest absolute Gasteiger partial charge is 0.398 e. The van der Waals surface area contributed by atoms with Crippen LogP contribution in [0.5, 0.6) is 0 Å². The number of nitrogen functional groups attached to an aromatic ring is 1. The Bertz CT molecular complexity index is 447. The Morgan fingerprint density at radius 2 is 2.25 bits per heavy atom. The number of pyridine rings is 1. The molecule has 2 N–H and O–H groups in total. The van der Waals surface area contributed by atoms with Crippen molar-refractivity contribution in [3.8, 4) is 0 Å². The van der Waals surface area contributed by atoms with E-state index in [2.05, 4.69) is 4.98 Å². The number of sulfonamides is 1. The summed E-state index contributed by atoms with van der Waals surface area (Å²) in [7, 11) is -0.590. The van der Waals surface area contributed by atoms with Crippen molar-refractivity contribution in [1.29, 1.82) is 0 Å². The third-order valence-electron chi connectivity index (χ3n) is 2.11. The standard InChI is InChI=1S/C9H15N3O3S/c1-12(5-6-15-2)16(13,14)9-7-11-4-3-8(9)10/h3-4,7H,5-6H2,1-2H3,(H2,10,11). The number of nitrogens with two attached hydrogens (primary N) is 1. The molecule has 0 bridgehead atoms. The van der Waals surface area contributed by atoms with E-state index < -0.39 is 10.0 Å². The number of ether oxygens (including phenoxy) is 1. The molecule has 6 nitrogen and oxygen atoms in total. The van der Waals surface area contributed by atoms with Crippen LogP contribution in [0, 0.1) is 0 Å². The van der Waals surface area contributed by atoms with E-state index in [9.17, 15) is 8.42 Å². The van der Waals surface area contributed by atoms with Crippen LogP contribution < -0.4 is 5.73 Å². The molecule has 0 saturated heterocycles. The molecule has 7 heteroatoms. The van der Waals surface area contributed by atoms with Gasteiger partial charge in [0.2, 0.25) is 10.0 Å². The zero-order chi connectivity index (χ0) is 12.2. The van der Waals surface area contributed by atoms with Gasteiger partial charge in [-0.05, 0) is 6.07 Å². The van der Waals surface area contributed by atoms with Crippen molar-refractivity contribution >= 4 is 15.7 Å². The molecule has 0 radical (unpaired) electrons. The first-order chi connectivity index (χ1) is 7.50. The average Bonchev–Trinajstić information content (AvgIpc) is 2.26. The highest BCUT2D eigenvalue weighted by Gasteiger charge is 2.22. The van der Waals surface area contributed by atoms with Gasteiger partial charge in [-0.2, -0.15) is 4.31 Å². The molecule has 1 rings (SSSR count). The van der Waals surface area contributed by atoms with E-state index in [1.165, 1.54) is 36.9 Å². The summed E-state index contributed by atoms with van der Waals surface area (Å²) in [4.78, 5) is 3.78. The van der Waals surface area contributed by atoms with Crippen LogP contribution in [0.25, 0.3) is 0 Å². The van der Waals surface area contributed by atoms with Crippen LogP contribution in [0.15, 0.2) is 23.4 Å². The van der Waals surface area contributed by atoms with Crippen LogP contribution in [0.4, 0.5) is 5.69 Å². The van der Waals surface area contributed by atoms with Gasteiger partial charge in [0, 0.05) is 33.1 Å². The van der Waals surface area contributed by atoms with Gasteiger partial charge < -0.3 is 10.5 Å². The summed E-state index contributed by atoms with van der Waals surface area (Å²) in [5.74, 6) is 0. The predicted octanol–water partition coefficient (Wildman–Crippen LogP) is -0.0693. The van der Waals surface area contributed by atoms with E-state index in [4.69, 9.17) is 10.5 Å². The quantitative estimate of drug-likeness (QED) is 0.785. The lowest BCUT2D eigenvalue weighted by Gasteiger charge is -2.17. The Hall–Kier alpha value is -1.18. The van der Waals surface area contributed by atoms with E-state index in [1.54, 1.807) is 0 Å². The van der Waals surface area contributed by atoms with E-state index in [0.29, 0.717) is 6.61 Å². The van der Waals surface area contributed by atoms with Gasteiger partial charge >= 0.3 is 0 Å². The van der Waals surface area contributed by atoms with E-state index in [-0.39, 0.29) is 17.1 Å². The molecule has 16 heavy (non-hydrogen) atoms. The summed E-state index contributed by atoms with van der Waals surface area (Å²) in [5.41, 5.74) is 5.79. The summed E-state index contributed by atoms with van der Waals surface area (Å²) in [6, 6.07) is 1.46. The van der Waals surface area contributed by atoms with Crippen LogP contribution in [0.3, 0.4) is 0 Å². The minimum Gasteiger partial charge on any atom is -0.398 e. The number of aromatic nitrogens is 1. The van der Waals surface area contributed by atoms with Gasteiger partial charge in [0.05, 0.1) is 12.3 Å². The first-order valence-electron chi connectivity index (χ1n) is 4.65. The lowest BCUT2D eigenvalue weighted by molar-refractivity contribution is 0.185. The van der Waals surface area contributed by atoms with Crippen LogP contribution in [0.2, 0.25) is 0 Å². The number of hydrogen-bond acceptors (Lipinski definition) is 5. The maximum Gasteiger partial charge on any atom is 0.246 e. The second kappa shape index (κ2) is 5.24. The molecule has 90 valence electrons. The van der Waals surface area contributed by atoms with Crippen molar-refractivity contribution in [2.45, 2.75) is 4.90 Å². The Morgan fingerprint density at radius 3 is 2.81 bits per heavy atom. The fourth-order valence-electron chi connectivity index (χ4n) is 1.11. The summed E-state index contributed by atoms with van der Waals surface area (Å²) in [6.45, 7) is 0.600. The molecule has 0 fully saturated rings. The monoisotopic (exact) mass is 245 g/mol. The number of anilines is 1. The molecule has 0 aliphatic rings. The molecule has 1 heterocycles. The van der Waals surface area contributed by atoms with Crippen molar-refractivity contribution in [2.24, 2.45) is 0 Å². The Kier molecular flexibility index (Phi) is 4.22. The molecule has 0 amide bonds. The lowest BCUT2D eigenvalue weighted by atomic mass is 10.4. The lowest BCUT2D eigenvalue weighted by Crippen LogP contribution is -2.30. The normalized spacial score (nSPS) is 11.9. The highest BCUT2D eigenvalue weighted by atomic mass is 32.2. The zero-order valence-corrected chi connectivity index (χ0v) is 10.1. The molecular formula is C9H15N3O3S. The second-order valence-corrected chi connectivity index (χ2v) is 5.25. The van der Waals surface area contributed by atoms with Gasteiger partial charge in [-0.1, -0.05) is 0 Å². The van der Waals surface area contributed by atoms with Gasteiger partial charge in [0.25, 0.3) is 0 Å². The minimum atomic E-state index is -3.58. The van der Waals surface area contributed by atoms with Crippen LogP contribution in [0.1, 0.15) is 0 Å². The highest BCUT2D eigenvalue weighted by molar-refractivity contribution is 7.89. The smallest absolute Gasteiger partial charge is 0.246 e. The third kappa shape index (κ3) is 2.69. The first kappa shape index (κ1) is 12.9. The molecule has 0 aromatic carbocycles. The topological polar surface area (TPSA) is 85.5 Å². The van der Waals surface area contributed by atoms with Crippen molar-refractivity contribution in [3.05, 3.63) is 18.5 Å². The maximum absolute atomic E-state index is 12.0. The van der Waals surface area contributed by atoms with Gasteiger partial charge in [-0.3, -0.25) is 4.98 Å². The molecule has 0 saturated carbocycles. The Balaban J connectivity index is 2.98. The fraction of sp³-hybridized carbons (Fsp3) is 0.444. The van der Waals surface area contributed by atoms with Crippen LogP contribution >= 0.6 is 0 Å². The second-order valence-electron chi connectivity index (χ2n) is 3.23. The van der Waals surface area contributed by atoms with Gasteiger partial charge in [0.15, 0.2) is 0 Å². The van der Waals surface area contributed by atoms with Crippen molar-refractivity contribution < 1.29 is 13.2 Å². The molecule has 0 atom stereocenters. The van der Waals surface area contributed by atoms with Crippen molar-refractivity contribution in [3.63, 3.8) is 0 Å². The minimum absolute atomic E-state index is 0.0219. The first-order valence-corrected chi connectivity index (χ1v) is 6.09. The molecule has 0 unspecified atom stereocenters. The molecule has 0 aliphatic carbocycles. The molecule has 1 aromatic heterocycles. The SMILES string of the molecule is COCCN(C)S(=O)(=O)c1cnccc1N.